The largest absolute Gasteiger partial charge is 0.299 e. The molecule has 6 fully saturated rings. The van der Waals surface area contributed by atoms with E-state index in [9.17, 15) is 4.79 Å². The van der Waals surface area contributed by atoms with Crippen molar-refractivity contribution in [2.75, 3.05) is 0 Å². The normalized spacial score (nSPS) is 79.8. The number of rotatable bonds is 0. The zero-order valence-corrected chi connectivity index (χ0v) is 8.78. The third-order valence-electron chi connectivity index (χ3n) is 6.01. The van der Waals surface area contributed by atoms with Crippen LogP contribution in [0, 0.1) is 47.3 Å². The number of carbonyl (C=O) groups is 1. The zero-order valence-electron chi connectivity index (χ0n) is 7.19. The summed E-state index contributed by atoms with van der Waals surface area (Å²) in [4.78, 5) is 12.7. The Morgan fingerprint density at radius 1 is 1.00 bits per heavy atom. The summed E-state index contributed by atoms with van der Waals surface area (Å²) in [6.07, 6.45) is 1.41. The van der Waals surface area contributed by atoms with E-state index in [2.05, 4.69) is 15.9 Å². The summed E-state index contributed by atoms with van der Waals surface area (Å²) in [5.41, 5.74) is 0. The third-order valence-corrected chi connectivity index (χ3v) is 7.24. The molecule has 0 heterocycles. The van der Waals surface area contributed by atoms with Crippen molar-refractivity contribution < 1.29 is 4.79 Å². The van der Waals surface area contributed by atoms with Gasteiger partial charge in [0.2, 0.25) is 0 Å². The number of ketones is 1. The second-order valence-corrected chi connectivity index (χ2v) is 6.83. The monoisotopic (exact) mass is 238 g/mol. The number of hydrogen-bond acceptors (Lipinski definition) is 1. The number of alkyl halides is 1. The van der Waals surface area contributed by atoms with Crippen LogP contribution in [0.5, 0.6) is 0 Å². The number of halogens is 1. The maximum absolute atomic E-state index is 12.0. The Kier molecular flexibility index (Phi) is 0.790. The lowest BCUT2D eigenvalue weighted by atomic mass is 9.71. The summed E-state index contributed by atoms with van der Waals surface area (Å²) in [5.74, 6) is 6.90. The fourth-order valence-electron chi connectivity index (χ4n) is 6.20. The summed E-state index contributed by atoms with van der Waals surface area (Å²) in [6.45, 7) is 0. The van der Waals surface area contributed by atoms with Gasteiger partial charge in [-0.1, -0.05) is 15.9 Å². The summed E-state index contributed by atoms with van der Waals surface area (Å²) < 4.78 is 0. The molecule has 1 nitrogen and oxygen atoms in total. The van der Waals surface area contributed by atoms with Gasteiger partial charge in [0.25, 0.3) is 0 Å². The number of Topliss-reactive ketones (excluding diaryl/α,β-unsaturated/α-hetero) is 1. The van der Waals surface area contributed by atoms with Crippen molar-refractivity contribution in [1.82, 2.24) is 0 Å². The minimum absolute atomic E-state index is 0.521. The zero-order chi connectivity index (χ0) is 8.48. The fourth-order valence-corrected chi connectivity index (χ4v) is 7.62. The quantitative estimate of drug-likeness (QED) is 0.588. The lowest BCUT2D eigenvalue weighted by molar-refractivity contribution is -0.122. The Balaban J connectivity index is 1.90. The summed E-state index contributed by atoms with van der Waals surface area (Å²) >= 11 is 3.86. The molecule has 0 saturated heterocycles. The SMILES string of the molecule is O=C1[C@H]2[C@@H]3C[C@@H]4[C@H]5[C@H](Br)[C@@H]([C@@H]1[C@@H]35)[C@H]42. The topological polar surface area (TPSA) is 17.1 Å². The van der Waals surface area contributed by atoms with Crippen LogP contribution in [-0.4, -0.2) is 10.6 Å². The standard InChI is InChI=1S/C11H11BrO/c12-10-6-2-1-3-4(6)9-8(10)5(2)7(3)11(9)13/h2-10H,1H2/t2-,3+,4-,5+,6+,7-,8+,9-,10-/m0/s1. The van der Waals surface area contributed by atoms with Crippen molar-refractivity contribution in [2.24, 2.45) is 47.3 Å². The molecule has 0 spiro atoms. The number of carbonyl (C=O) groups excluding carboxylic acids is 1. The summed E-state index contributed by atoms with van der Waals surface area (Å²) in [5, 5.41) is 0. The van der Waals surface area contributed by atoms with Crippen LogP contribution >= 0.6 is 15.9 Å². The second kappa shape index (κ2) is 1.56. The first-order valence-electron chi connectivity index (χ1n) is 5.48. The van der Waals surface area contributed by atoms with Gasteiger partial charge < -0.3 is 0 Å². The molecule has 13 heavy (non-hydrogen) atoms. The molecular formula is C11H11BrO. The average Bonchev–Trinajstić information content (AvgIpc) is 2.78. The van der Waals surface area contributed by atoms with E-state index in [1.165, 1.54) is 6.42 Å². The molecule has 0 N–H and O–H groups in total. The summed E-state index contributed by atoms with van der Waals surface area (Å²) in [7, 11) is 0. The Bertz CT molecular complexity index is 350. The Morgan fingerprint density at radius 2 is 1.77 bits per heavy atom. The van der Waals surface area contributed by atoms with Crippen LogP contribution in [0.4, 0.5) is 0 Å². The van der Waals surface area contributed by atoms with Gasteiger partial charge in [-0.15, -0.1) is 0 Å². The van der Waals surface area contributed by atoms with E-state index >= 15 is 0 Å². The Hall–Kier alpha value is 0.150. The first kappa shape index (κ1) is 6.60. The van der Waals surface area contributed by atoms with Crippen molar-refractivity contribution in [1.29, 1.82) is 0 Å². The molecule has 6 saturated carbocycles. The van der Waals surface area contributed by atoms with E-state index < -0.39 is 0 Å². The van der Waals surface area contributed by atoms with Crippen LogP contribution in [0.25, 0.3) is 0 Å². The van der Waals surface area contributed by atoms with E-state index in [4.69, 9.17) is 0 Å². The van der Waals surface area contributed by atoms with Gasteiger partial charge >= 0.3 is 0 Å². The molecular weight excluding hydrogens is 228 g/mol. The van der Waals surface area contributed by atoms with Gasteiger partial charge in [0.1, 0.15) is 5.78 Å². The molecule has 0 aromatic carbocycles. The molecule has 0 amide bonds. The van der Waals surface area contributed by atoms with E-state index in [1.807, 2.05) is 0 Å². The van der Waals surface area contributed by atoms with Crippen molar-refractivity contribution >= 4 is 21.7 Å². The molecule has 9 atom stereocenters. The lowest BCUT2D eigenvalue weighted by Crippen LogP contribution is -2.30. The maximum Gasteiger partial charge on any atom is 0.140 e. The van der Waals surface area contributed by atoms with Crippen LogP contribution in [0.2, 0.25) is 0 Å². The van der Waals surface area contributed by atoms with Crippen molar-refractivity contribution in [2.45, 2.75) is 11.2 Å². The Morgan fingerprint density at radius 3 is 2.54 bits per heavy atom. The van der Waals surface area contributed by atoms with Crippen LogP contribution in [0.3, 0.4) is 0 Å². The van der Waals surface area contributed by atoms with Gasteiger partial charge in [0.15, 0.2) is 0 Å². The smallest absolute Gasteiger partial charge is 0.140 e. The molecule has 2 heteroatoms. The first-order valence-corrected chi connectivity index (χ1v) is 6.40. The highest BCUT2D eigenvalue weighted by atomic mass is 79.9. The van der Waals surface area contributed by atoms with Crippen molar-refractivity contribution in [3.05, 3.63) is 0 Å². The van der Waals surface area contributed by atoms with Crippen LogP contribution < -0.4 is 0 Å². The van der Waals surface area contributed by atoms with E-state index in [-0.39, 0.29) is 0 Å². The minimum atomic E-state index is 0.521. The van der Waals surface area contributed by atoms with Gasteiger partial charge in [0, 0.05) is 16.7 Å². The van der Waals surface area contributed by atoms with Gasteiger partial charge in [0.05, 0.1) is 0 Å². The van der Waals surface area contributed by atoms with E-state index in [0.717, 1.165) is 40.3 Å². The van der Waals surface area contributed by atoms with Gasteiger partial charge in [-0.05, 0) is 41.9 Å². The molecule has 6 rings (SSSR count). The molecule has 6 bridgehead atoms. The maximum atomic E-state index is 12.0. The molecule has 0 aliphatic heterocycles. The molecule has 0 aromatic rings. The first-order chi connectivity index (χ1) is 6.30. The predicted molar refractivity (Wildman–Crippen MR) is 50.3 cm³/mol. The summed E-state index contributed by atoms with van der Waals surface area (Å²) in [6, 6.07) is 0. The van der Waals surface area contributed by atoms with Crippen LogP contribution in [0.15, 0.2) is 0 Å². The van der Waals surface area contributed by atoms with E-state index in [0.29, 0.717) is 17.6 Å². The van der Waals surface area contributed by atoms with Crippen molar-refractivity contribution in [3.63, 3.8) is 0 Å². The third kappa shape index (κ3) is 0.397. The van der Waals surface area contributed by atoms with Gasteiger partial charge in [-0.2, -0.15) is 0 Å². The minimum Gasteiger partial charge on any atom is -0.299 e. The number of hydrogen-bond donors (Lipinski definition) is 0. The Labute approximate surface area is 85.4 Å². The molecule has 68 valence electrons. The molecule has 6 aliphatic carbocycles. The van der Waals surface area contributed by atoms with Gasteiger partial charge in [-0.3, -0.25) is 4.79 Å². The van der Waals surface area contributed by atoms with Crippen LogP contribution in [-0.2, 0) is 4.79 Å². The molecule has 0 radical (unpaired) electrons. The average molecular weight is 239 g/mol. The fraction of sp³-hybridized carbons (Fsp3) is 0.909. The highest BCUT2D eigenvalue weighted by Gasteiger charge is 2.83. The molecule has 0 unspecified atom stereocenters. The van der Waals surface area contributed by atoms with E-state index in [1.54, 1.807) is 0 Å². The highest BCUT2D eigenvalue weighted by Crippen LogP contribution is 2.82. The van der Waals surface area contributed by atoms with Crippen molar-refractivity contribution in [3.8, 4) is 0 Å². The lowest BCUT2D eigenvalue weighted by Gasteiger charge is -2.32. The second-order valence-electron chi connectivity index (χ2n) is 5.77. The molecule has 6 aliphatic rings. The van der Waals surface area contributed by atoms with Gasteiger partial charge in [-0.25, -0.2) is 0 Å². The predicted octanol–water partition coefficient (Wildman–Crippen LogP) is 1.71. The molecule has 0 aromatic heterocycles. The highest BCUT2D eigenvalue weighted by molar-refractivity contribution is 9.09. The van der Waals surface area contributed by atoms with Crippen LogP contribution in [0.1, 0.15) is 6.42 Å².